The monoisotopic (exact) mass is 276 g/mol. The Morgan fingerprint density at radius 3 is 2.57 bits per heavy atom. The van der Waals surface area contributed by atoms with Gasteiger partial charge in [0.25, 0.3) is 0 Å². The first-order chi connectivity index (χ1) is 10.2. The van der Waals surface area contributed by atoms with Crippen LogP contribution in [-0.2, 0) is 0 Å². The van der Waals surface area contributed by atoms with Crippen molar-refractivity contribution in [1.82, 2.24) is 0 Å². The second-order valence-electron chi connectivity index (χ2n) is 5.02. The summed E-state index contributed by atoms with van der Waals surface area (Å²) >= 11 is 0. The molecule has 21 heavy (non-hydrogen) atoms. The molecule has 0 heterocycles. The smallest absolute Gasteiger partial charge is 0.124 e. The van der Waals surface area contributed by atoms with E-state index in [-0.39, 0.29) is 11.5 Å². The van der Waals surface area contributed by atoms with Crippen LogP contribution in [0, 0.1) is 0 Å². The normalized spacial score (nSPS) is 16.2. The molecule has 0 aromatic heterocycles. The maximum atomic E-state index is 10.3. The lowest BCUT2D eigenvalue weighted by Crippen LogP contribution is -1.96. The minimum absolute atomic E-state index is 0.0309. The summed E-state index contributed by atoms with van der Waals surface area (Å²) in [6, 6.07) is 11.3. The van der Waals surface area contributed by atoms with Crippen molar-refractivity contribution < 1.29 is 10.2 Å². The van der Waals surface area contributed by atoms with Gasteiger partial charge < -0.3 is 10.2 Å². The summed E-state index contributed by atoms with van der Waals surface area (Å²) in [5, 5.41) is 22.3. The SMILES string of the molecule is C=C(O)/C(=C1/C=CC=CC1)c1c(O)ccc2ccccc12. The fourth-order valence-corrected chi connectivity index (χ4v) is 2.71. The highest BCUT2D eigenvalue weighted by molar-refractivity contribution is 6.00. The van der Waals surface area contributed by atoms with Crippen LogP contribution in [0.1, 0.15) is 12.0 Å². The van der Waals surface area contributed by atoms with Gasteiger partial charge in [-0.2, -0.15) is 0 Å². The van der Waals surface area contributed by atoms with Gasteiger partial charge in [-0.05, 0) is 28.8 Å². The van der Waals surface area contributed by atoms with E-state index in [9.17, 15) is 10.2 Å². The zero-order chi connectivity index (χ0) is 14.8. The molecule has 1 aliphatic carbocycles. The molecule has 0 aliphatic heterocycles. The molecule has 0 saturated carbocycles. The highest BCUT2D eigenvalue weighted by Crippen LogP contribution is 2.38. The molecular formula is C19H16O2. The number of hydrogen-bond acceptors (Lipinski definition) is 2. The molecule has 2 nitrogen and oxygen atoms in total. The Kier molecular flexibility index (Phi) is 3.36. The van der Waals surface area contributed by atoms with Gasteiger partial charge in [-0.25, -0.2) is 0 Å². The minimum Gasteiger partial charge on any atom is -0.508 e. The lowest BCUT2D eigenvalue weighted by molar-refractivity contribution is 0.437. The van der Waals surface area contributed by atoms with Gasteiger partial charge in [-0.15, -0.1) is 0 Å². The zero-order valence-corrected chi connectivity index (χ0v) is 11.6. The third-order valence-corrected chi connectivity index (χ3v) is 3.65. The molecule has 2 aromatic carbocycles. The molecular weight excluding hydrogens is 260 g/mol. The minimum atomic E-state index is -0.0309. The Bertz CT molecular complexity index is 807. The maximum absolute atomic E-state index is 10.3. The van der Waals surface area contributed by atoms with Crippen molar-refractivity contribution in [3.8, 4) is 5.75 Å². The van der Waals surface area contributed by atoms with E-state index >= 15 is 0 Å². The van der Waals surface area contributed by atoms with E-state index in [1.54, 1.807) is 6.07 Å². The first-order valence-electron chi connectivity index (χ1n) is 6.84. The lowest BCUT2D eigenvalue weighted by Gasteiger charge is -2.16. The number of hydrogen-bond donors (Lipinski definition) is 2. The highest BCUT2D eigenvalue weighted by atomic mass is 16.3. The average molecular weight is 276 g/mol. The van der Waals surface area contributed by atoms with Crippen LogP contribution < -0.4 is 0 Å². The van der Waals surface area contributed by atoms with E-state index in [4.69, 9.17) is 0 Å². The highest BCUT2D eigenvalue weighted by Gasteiger charge is 2.17. The zero-order valence-electron chi connectivity index (χ0n) is 11.6. The number of rotatable bonds is 2. The summed E-state index contributed by atoms with van der Waals surface area (Å²) < 4.78 is 0. The fraction of sp³-hybridized carbons (Fsp3) is 0.0526. The number of aliphatic hydroxyl groups excluding tert-OH is 1. The molecule has 0 spiro atoms. The summed E-state index contributed by atoms with van der Waals surface area (Å²) in [5.74, 6) is 0.117. The van der Waals surface area contributed by atoms with Gasteiger partial charge in [0.15, 0.2) is 0 Å². The van der Waals surface area contributed by atoms with Crippen LogP contribution >= 0.6 is 0 Å². The molecule has 2 heteroatoms. The standard InChI is InChI=1S/C19H16O2/c1-13(20)18(15-8-3-2-4-9-15)19-16-10-6-5-7-14(16)11-12-17(19)21/h2-8,10-12,20-21H,1,9H2/b18-15+. The van der Waals surface area contributed by atoms with Crippen molar-refractivity contribution >= 4 is 16.3 Å². The van der Waals surface area contributed by atoms with Gasteiger partial charge in [0.2, 0.25) is 0 Å². The summed E-state index contributed by atoms with van der Waals surface area (Å²) in [7, 11) is 0. The van der Waals surface area contributed by atoms with Crippen molar-refractivity contribution in [1.29, 1.82) is 0 Å². The van der Waals surface area contributed by atoms with Crippen molar-refractivity contribution in [2.24, 2.45) is 0 Å². The predicted octanol–water partition coefficient (Wildman–Crippen LogP) is 4.89. The molecule has 0 fully saturated rings. The van der Waals surface area contributed by atoms with Crippen LogP contribution in [0.15, 0.2) is 78.6 Å². The van der Waals surface area contributed by atoms with E-state index in [0.717, 1.165) is 16.3 Å². The van der Waals surface area contributed by atoms with Crippen LogP contribution in [0.2, 0.25) is 0 Å². The summed E-state index contributed by atoms with van der Waals surface area (Å²) in [6.45, 7) is 3.68. The van der Waals surface area contributed by atoms with E-state index in [2.05, 4.69) is 6.58 Å². The second-order valence-corrected chi connectivity index (χ2v) is 5.02. The molecule has 0 bridgehead atoms. The quantitative estimate of drug-likeness (QED) is 0.767. The van der Waals surface area contributed by atoms with E-state index in [0.29, 0.717) is 17.6 Å². The molecule has 0 amide bonds. The largest absolute Gasteiger partial charge is 0.508 e. The number of phenolic OH excluding ortho intramolecular Hbond substituents is 1. The van der Waals surface area contributed by atoms with Gasteiger partial charge in [-0.1, -0.05) is 61.2 Å². The Hall–Kier alpha value is -2.74. The van der Waals surface area contributed by atoms with Gasteiger partial charge >= 0.3 is 0 Å². The first kappa shape index (κ1) is 13.3. The molecule has 2 N–H and O–H groups in total. The fourth-order valence-electron chi connectivity index (χ4n) is 2.71. The Labute approximate surface area is 123 Å². The number of aromatic hydroxyl groups is 1. The number of phenols is 1. The van der Waals surface area contributed by atoms with Crippen molar-refractivity contribution in [3.05, 3.63) is 84.2 Å². The molecule has 0 unspecified atom stereocenters. The summed E-state index contributed by atoms with van der Waals surface area (Å²) in [6.07, 6.45) is 8.54. The average Bonchev–Trinajstić information content (AvgIpc) is 2.51. The third kappa shape index (κ3) is 2.36. The summed E-state index contributed by atoms with van der Waals surface area (Å²) in [5.41, 5.74) is 2.18. The Morgan fingerprint density at radius 1 is 1.05 bits per heavy atom. The maximum Gasteiger partial charge on any atom is 0.124 e. The molecule has 0 saturated heterocycles. The number of allylic oxidation sites excluding steroid dienone is 6. The third-order valence-electron chi connectivity index (χ3n) is 3.65. The van der Waals surface area contributed by atoms with Gasteiger partial charge in [0.05, 0.1) is 0 Å². The van der Waals surface area contributed by atoms with Crippen molar-refractivity contribution in [2.45, 2.75) is 6.42 Å². The first-order valence-corrected chi connectivity index (χ1v) is 6.84. The Balaban J connectivity index is 2.36. The van der Waals surface area contributed by atoms with Gasteiger partial charge in [-0.3, -0.25) is 0 Å². The van der Waals surface area contributed by atoms with Gasteiger partial charge in [0, 0.05) is 11.1 Å². The Morgan fingerprint density at radius 2 is 1.86 bits per heavy atom. The van der Waals surface area contributed by atoms with Crippen LogP contribution in [0.3, 0.4) is 0 Å². The van der Waals surface area contributed by atoms with Crippen LogP contribution in [0.25, 0.3) is 16.3 Å². The van der Waals surface area contributed by atoms with Gasteiger partial charge in [0.1, 0.15) is 11.5 Å². The van der Waals surface area contributed by atoms with Crippen molar-refractivity contribution in [3.63, 3.8) is 0 Å². The van der Waals surface area contributed by atoms with E-state index < -0.39 is 0 Å². The number of aliphatic hydroxyl groups is 1. The number of fused-ring (bicyclic) bond motifs is 1. The van der Waals surface area contributed by atoms with E-state index in [1.165, 1.54) is 0 Å². The lowest BCUT2D eigenvalue weighted by atomic mass is 9.90. The molecule has 104 valence electrons. The molecule has 1 aliphatic rings. The van der Waals surface area contributed by atoms with Crippen LogP contribution in [-0.4, -0.2) is 10.2 Å². The molecule has 0 radical (unpaired) electrons. The van der Waals surface area contributed by atoms with E-state index in [1.807, 2.05) is 54.6 Å². The molecule has 0 atom stereocenters. The molecule has 2 aromatic rings. The van der Waals surface area contributed by atoms with Crippen LogP contribution in [0.5, 0.6) is 5.75 Å². The topological polar surface area (TPSA) is 40.5 Å². The van der Waals surface area contributed by atoms with Crippen LogP contribution in [0.4, 0.5) is 0 Å². The number of benzene rings is 2. The second kappa shape index (κ2) is 5.33. The molecule has 3 rings (SSSR count). The predicted molar refractivity (Wildman–Crippen MR) is 87.2 cm³/mol. The summed E-state index contributed by atoms with van der Waals surface area (Å²) in [4.78, 5) is 0. The van der Waals surface area contributed by atoms with Crippen molar-refractivity contribution in [2.75, 3.05) is 0 Å².